The molecule has 1 unspecified atom stereocenters. The van der Waals surface area contributed by atoms with Crippen LogP contribution in [0, 0.1) is 5.82 Å². The van der Waals surface area contributed by atoms with Gasteiger partial charge in [-0.2, -0.15) is 0 Å². The Labute approximate surface area is 182 Å². The number of hydrogen-bond acceptors (Lipinski definition) is 3. The molecule has 7 heteroatoms. The van der Waals surface area contributed by atoms with Crippen molar-refractivity contribution < 1.29 is 19.1 Å². The highest BCUT2D eigenvalue weighted by molar-refractivity contribution is 6.36. The lowest BCUT2D eigenvalue weighted by Crippen LogP contribution is -2.41. The number of ketones is 1. The Morgan fingerprint density at radius 2 is 1.60 bits per heavy atom. The van der Waals surface area contributed by atoms with Gasteiger partial charge in [0.25, 0.3) is 5.91 Å². The Balaban J connectivity index is 1.70. The lowest BCUT2D eigenvalue weighted by atomic mass is 9.88. The standard InChI is InChI=1S/C23H16Cl2FNO3/c24-18-5-3-6-19(25)16(18)13-27-20-7-2-1-4-17(20)23(30,22(27)29)12-21(28)14-8-10-15(26)11-9-14/h1-11,30H,12-13H2. The first-order valence-corrected chi connectivity index (χ1v) is 9.92. The summed E-state index contributed by atoms with van der Waals surface area (Å²) in [7, 11) is 0. The predicted molar refractivity (Wildman–Crippen MR) is 113 cm³/mol. The van der Waals surface area contributed by atoms with Crippen molar-refractivity contribution in [2.45, 2.75) is 18.6 Å². The summed E-state index contributed by atoms with van der Waals surface area (Å²) in [4.78, 5) is 27.4. The highest BCUT2D eigenvalue weighted by atomic mass is 35.5. The fourth-order valence-electron chi connectivity index (χ4n) is 3.65. The zero-order valence-corrected chi connectivity index (χ0v) is 17.1. The molecule has 30 heavy (non-hydrogen) atoms. The molecule has 0 aromatic heterocycles. The van der Waals surface area contributed by atoms with Gasteiger partial charge in [-0.1, -0.05) is 47.5 Å². The van der Waals surface area contributed by atoms with Crippen molar-refractivity contribution in [2.75, 3.05) is 4.90 Å². The first kappa shape index (κ1) is 20.5. The number of amides is 1. The summed E-state index contributed by atoms with van der Waals surface area (Å²) in [6, 6.07) is 16.7. The number of fused-ring (bicyclic) bond motifs is 1. The van der Waals surface area contributed by atoms with Crippen molar-refractivity contribution in [1.29, 1.82) is 0 Å². The second-order valence-electron chi connectivity index (χ2n) is 7.08. The number of carbonyl (C=O) groups is 2. The van der Waals surface area contributed by atoms with Crippen molar-refractivity contribution in [1.82, 2.24) is 0 Å². The number of hydrogen-bond donors (Lipinski definition) is 1. The monoisotopic (exact) mass is 443 g/mol. The molecule has 1 heterocycles. The summed E-state index contributed by atoms with van der Waals surface area (Å²) in [6.45, 7) is 0.0431. The SMILES string of the molecule is O=C(CC1(O)C(=O)N(Cc2c(Cl)cccc2Cl)c2ccccc21)c1ccc(F)cc1. The van der Waals surface area contributed by atoms with Crippen LogP contribution in [0.5, 0.6) is 0 Å². The van der Waals surface area contributed by atoms with Gasteiger partial charge in [0.1, 0.15) is 5.82 Å². The first-order chi connectivity index (χ1) is 14.3. The van der Waals surface area contributed by atoms with Gasteiger partial charge in [-0.15, -0.1) is 0 Å². The molecule has 0 aliphatic carbocycles. The van der Waals surface area contributed by atoms with Crippen LogP contribution in [0.3, 0.4) is 0 Å². The molecule has 3 aromatic rings. The summed E-state index contributed by atoms with van der Waals surface area (Å²) in [5.41, 5.74) is -0.488. The molecule has 4 rings (SSSR count). The molecule has 0 saturated heterocycles. The largest absolute Gasteiger partial charge is 0.375 e. The topological polar surface area (TPSA) is 57.6 Å². The fourth-order valence-corrected chi connectivity index (χ4v) is 4.16. The van der Waals surface area contributed by atoms with Crippen LogP contribution in [0.15, 0.2) is 66.7 Å². The van der Waals surface area contributed by atoms with Crippen LogP contribution in [-0.2, 0) is 16.9 Å². The summed E-state index contributed by atoms with van der Waals surface area (Å²) in [6.07, 6.45) is -0.471. The number of nitrogens with zero attached hydrogens (tertiary/aromatic N) is 1. The molecule has 1 aliphatic rings. The van der Waals surface area contributed by atoms with Gasteiger partial charge < -0.3 is 10.0 Å². The molecule has 0 radical (unpaired) electrons. The van der Waals surface area contributed by atoms with Crippen molar-refractivity contribution >= 4 is 40.6 Å². The van der Waals surface area contributed by atoms with Crippen LogP contribution in [-0.4, -0.2) is 16.8 Å². The van der Waals surface area contributed by atoms with Crippen LogP contribution < -0.4 is 4.90 Å². The molecular weight excluding hydrogens is 428 g/mol. The number of rotatable bonds is 5. The molecule has 0 bridgehead atoms. The Kier molecular flexibility index (Phi) is 5.36. The van der Waals surface area contributed by atoms with Crippen molar-refractivity contribution in [3.05, 3.63) is 99.3 Å². The molecule has 0 fully saturated rings. The van der Waals surface area contributed by atoms with Crippen molar-refractivity contribution in [2.24, 2.45) is 0 Å². The number of halogens is 3. The average molecular weight is 444 g/mol. The average Bonchev–Trinajstić information content (AvgIpc) is 2.93. The van der Waals surface area contributed by atoms with Crippen LogP contribution in [0.2, 0.25) is 10.0 Å². The van der Waals surface area contributed by atoms with E-state index in [0.29, 0.717) is 26.9 Å². The zero-order chi connectivity index (χ0) is 21.5. The highest BCUT2D eigenvalue weighted by Crippen LogP contribution is 2.44. The van der Waals surface area contributed by atoms with Crippen LogP contribution in [0.1, 0.15) is 27.9 Å². The number of aliphatic hydroxyl groups is 1. The number of carbonyl (C=O) groups excluding carboxylic acids is 2. The third-order valence-electron chi connectivity index (χ3n) is 5.20. The summed E-state index contributed by atoms with van der Waals surface area (Å²) >= 11 is 12.5. The number of anilines is 1. The lowest BCUT2D eigenvalue weighted by molar-refractivity contribution is -0.136. The number of Topliss-reactive ketones (excluding diaryl/α,β-unsaturated/α-hetero) is 1. The minimum absolute atomic E-state index is 0.0431. The van der Waals surface area contributed by atoms with E-state index in [9.17, 15) is 19.1 Å². The van der Waals surface area contributed by atoms with E-state index in [0.717, 1.165) is 12.1 Å². The molecule has 0 spiro atoms. The number of para-hydroxylation sites is 1. The van der Waals surface area contributed by atoms with Gasteiger partial charge in [0.05, 0.1) is 18.7 Å². The van der Waals surface area contributed by atoms with Gasteiger partial charge in [-0.05, 0) is 42.5 Å². The minimum Gasteiger partial charge on any atom is -0.375 e. The fraction of sp³-hybridized carbons (Fsp3) is 0.130. The van der Waals surface area contributed by atoms with Crippen molar-refractivity contribution in [3.63, 3.8) is 0 Å². The van der Waals surface area contributed by atoms with E-state index in [4.69, 9.17) is 23.2 Å². The van der Waals surface area contributed by atoms with E-state index in [1.165, 1.54) is 17.0 Å². The molecule has 152 valence electrons. The summed E-state index contributed by atoms with van der Waals surface area (Å²) in [5, 5.41) is 12.1. The molecule has 1 atom stereocenters. The van der Waals surface area contributed by atoms with E-state index < -0.39 is 29.5 Å². The van der Waals surface area contributed by atoms with Crippen molar-refractivity contribution in [3.8, 4) is 0 Å². The third kappa shape index (κ3) is 3.49. The maximum atomic E-state index is 13.3. The normalized spacial score (nSPS) is 17.9. The van der Waals surface area contributed by atoms with Crippen LogP contribution in [0.4, 0.5) is 10.1 Å². The molecular formula is C23H16Cl2FNO3. The van der Waals surface area contributed by atoms with Gasteiger partial charge in [-0.3, -0.25) is 9.59 Å². The Morgan fingerprint density at radius 3 is 2.27 bits per heavy atom. The van der Waals surface area contributed by atoms with E-state index >= 15 is 0 Å². The molecule has 1 amide bonds. The molecule has 0 saturated carbocycles. The molecule has 1 N–H and O–H groups in total. The number of benzene rings is 3. The Bertz CT molecular complexity index is 1130. The predicted octanol–water partition coefficient (Wildman–Crippen LogP) is 5.14. The summed E-state index contributed by atoms with van der Waals surface area (Å²) < 4.78 is 13.2. The first-order valence-electron chi connectivity index (χ1n) is 9.17. The Morgan fingerprint density at radius 1 is 0.967 bits per heavy atom. The highest BCUT2D eigenvalue weighted by Gasteiger charge is 2.50. The van der Waals surface area contributed by atoms with E-state index in [1.807, 2.05) is 0 Å². The van der Waals surface area contributed by atoms with Gasteiger partial charge in [0, 0.05) is 26.7 Å². The third-order valence-corrected chi connectivity index (χ3v) is 5.91. The molecule has 1 aliphatic heterocycles. The van der Waals surface area contributed by atoms with E-state index in [1.54, 1.807) is 42.5 Å². The molecule has 4 nitrogen and oxygen atoms in total. The van der Waals surface area contributed by atoms with E-state index in [2.05, 4.69) is 0 Å². The van der Waals surface area contributed by atoms with Crippen LogP contribution >= 0.6 is 23.2 Å². The van der Waals surface area contributed by atoms with Crippen LogP contribution in [0.25, 0.3) is 0 Å². The zero-order valence-electron chi connectivity index (χ0n) is 15.6. The maximum Gasteiger partial charge on any atom is 0.264 e. The smallest absolute Gasteiger partial charge is 0.264 e. The quantitative estimate of drug-likeness (QED) is 0.555. The van der Waals surface area contributed by atoms with Gasteiger partial charge in [0.15, 0.2) is 11.4 Å². The van der Waals surface area contributed by atoms with Gasteiger partial charge in [0.2, 0.25) is 0 Å². The second kappa shape index (κ2) is 7.84. The van der Waals surface area contributed by atoms with E-state index in [-0.39, 0.29) is 12.1 Å². The lowest BCUT2D eigenvalue weighted by Gasteiger charge is -2.23. The van der Waals surface area contributed by atoms with Gasteiger partial charge in [-0.25, -0.2) is 4.39 Å². The maximum absolute atomic E-state index is 13.3. The second-order valence-corrected chi connectivity index (χ2v) is 7.89. The molecule has 3 aromatic carbocycles. The van der Waals surface area contributed by atoms with Gasteiger partial charge >= 0.3 is 0 Å². The Hall–Kier alpha value is -2.73. The minimum atomic E-state index is -2.05. The summed E-state index contributed by atoms with van der Waals surface area (Å²) in [5.74, 6) is -1.59.